The minimum atomic E-state index is -4.64. The van der Waals surface area contributed by atoms with Gasteiger partial charge in [-0.05, 0) is 38.0 Å². The number of hydrogen-bond donors (Lipinski definition) is 0. The van der Waals surface area contributed by atoms with Crippen LogP contribution in [0.4, 0.5) is 17.6 Å². The quantitative estimate of drug-likeness (QED) is 0.173. The number of unbranched alkanes of at least 4 members (excludes halogenated alkanes) is 10. The average molecular weight is 419 g/mol. The van der Waals surface area contributed by atoms with E-state index in [2.05, 4.69) is 6.92 Å². The first kappa shape index (κ1) is 25.4. The SMILES string of the molecule is CCCCCCCCCCCCCC(C)OC(=O)c1cc(C(F)(F)F)ccc1F. The fraction of sp³-hybridized carbons (Fsp3) is 0.696. The lowest BCUT2D eigenvalue weighted by molar-refractivity contribution is -0.137. The van der Waals surface area contributed by atoms with Gasteiger partial charge in [0.2, 0.25) is 0 Å². The van der Waals surface area contributed by atoms with Gasteiger partial charge in [0.15, 0.2) is 0 Å². The summed E-state index contributed by atoms with van der Waals surface area (Å²) in [7, 11) is 0. The summed E-state index contributed by atoms with van der Waals surface area (Å²) < 4.78 is 57.1. The molecule has 0 aliphatic carbocycles. The smallest absolute Gasteiger partial charge is 0.416 e. The zero-order valence-corrected chi connectivity index (χ0v) is 17.6. The first-order valence-electron chi connectivity index (χ1n) is 10.8. The number of rotatable bonds is 14. The molecule has 1 aromatic carbocycles. The van der Waals surface area contributed by atoms with Crippen LogP contribution >= 0.6 is 0 Å². The second kappa shape index (κ2) is 13.6. The van der Waals surface area contributed by atoms with Crippen molar-refractivity contribution < 1.29 is 27.1 Å². The van der Waals surface area contributed by atoms with Crippen LogP contribution in [0.15, 0.2) is 18.2 Å². The summed E-state index contributed by atoms with van der Waals surface area (Å²) >= 11 is 0. The Labute approximate surface area is 172 Å². The molecule has 0 aliphatic heterocycles. The van der Waals surface area contributed by atoms with Crippen LogP contribution in [0.5, 0.6) is 0 Å². The van der Waals surface area contributed by atoms with Gasteiger partial charge in [-0.2, -0.15) is 13.2 Å². The van der Waals surface area contributed by atoms with Gasteiger partial charge >= 0.3 is 12.1 Å². The van der Waals surface area contributed by atoms with Gasteiger partial charge in [0, 0.05) is 0 Å². The molecular weight excluding hydrogens is 384 g/mol. The molecule has 1 rings (SSSR count). The summed E-state index contributed by atoms with van der Waals surface area (Å²) in [6.45, 7) is 3.89. The molecule has 0 aliphatic rings. The van der Waals surface area contributed by atoms with E-state index in [0.717, 1.165) is 19.3 Å². The van der Waals surface area contributed by atoms with Crippen molar-refractivity contribution in [1.29, 1.82) is 0 Å². The third-order valence-electron chi connectivity index (χ3n) is 5.04. The molecule has 0 N–H and O–H groups in total. The van der Waals surface area contributed by atoms with E-state index >= 15 is 0 Å². The van der Waals surface area contributed by atoms with Crippen LogP contribution in [-0.2, 0) is 10.9 Å². The maximum atomic E-state index is 13.7. The summed E-state index contributed by atoms with van der Waals surface area (Å²) in [5.74, 6) is -2.06. The lowest BCUT2D eigenvalue weighted by Crippen LogP contribution is -2.17. The molecule has 1 atom stereocenters. The van der Waals surface area contributed by atoms with E-state index in [1.165, 1.54) is 51.4 Å². The Kier molecular flexibility index (Phi) is 11.9. The highest BCUT2D eigenvalue weighted by Gasteiger charge is 2.32. The third kappa shape index (κ3) is 10.7. The van der Waals surface area contributed by atoms with Crippen LogP contribution in [-0.4, -0.2) is 12.1 Å². The number of esters is 1. The highest BCUT2D eigenvalue weighted by atomic mass is 19.4. The van der Waals surface area contributed by atoms with Crippen molar-refractivity contribution in [2.45, 2.75) is 103 Å². The van der Waals surface area contributed by atoms with Crippen LogP contribution in [0.3, 0.4) is 0 Å². The van der Waals surface area contributed by atoms with Gasteiger partial charge in [-0.25, -0.2) is 9.18 Å². The maximum absolute atomic E-state index is 13.7. The molecule has 6 heteroatoms. The Morgan fingerprint density at radius 1 is 0.931 bits per heavy atom. The Morgan fingerprint density at radius 3 is 1.97 bits per heavy atom. The third-order valence-corrected chi connectivity index (χ3v) is 5.04. The van der Waals surface area contributed by atoms with E-state index in [-0.39, 0.29) is 0 Å². The van der Waals surface area contributed by atoms with Crippen molar-refractivity contribution in [2.24, 2.45) is 0 Å². The largest absolute Gasteiger partial charge is 0.459 e. The molecule has 0 radical (unpaired) electrons. The minimum absolute atomic E-state index is 0.463. The molecule has 0 bridgehead atoms. The summed E-state index contributed by atoms with van der Waals surface area (Å²) in [6.07, 6.45) is 8.79. The molecule has 0 saturated carbocycles. The van der Waals surface area contributed by atoms with Gasteiger partial charge in [-0.15, -0.1) is 0 Å². The molecule has 1 aromatic rings. The second-order valence-electron chi connectivity index (χ2n) is 7.73. The van der Waals surface area contributed by atoms with Gasteiger partial charge in [-0.3, -0.25) is 0 Å². The Balaban J connectivity index is 2.22. The van der Waals surface area contributed by atoms with Crippen molar-refractivity contribution >= 4 is 5.97 Å². The predicted octanol–water partition coefficient (Wildman–Crippen LogP) is 8.09. The predicted molar refractivity (Wildman–Crippen MR) is 107 cm³/mol. The molecule has 0 fully saturated rings. The van der Waals surface area contributed by atoms with Crippen LogP contribution in [0.1, 0.15) is 107 Å². The number of benzene rings is 1. The Bertz CT molecular complexity index is 599. The van der Waals surface area contributed by atoms with Crippen molar-refractivity contribution in [3.05, 3.63) is 35.1 Å². The monoisotopic (exact) mass is 418 g/mol. The molecule has 0 spiro atoms. The standard InChI is InChI=1S/C23H34F4O2/c1-3-4-5-6-7-8-9-10-11-12-13-14-18(2)29-22(28)20-17-19(23(25,26)27)15-16-21(20)24/h15-18H,3-14H2,1-2H3. The van der Waals surface area contributed by atoms with Gasteiger partial charge < -0.3 is 4.74 Å². The molecule has 2 nitrogen and oxygen atoms in total. The molecule has 29 heavy (non-hydrogen) atoms. The van der Waals surface area contributed by atoms with E-state index in [0.29, 0.717) is 24.6 Å². The lowest BCUT2D eigenvalue weighted by atomic mass is 10.0. The number of hydrogen-bond acceptors (Lipinski definition) is 2. The first-order chi connectivity index (χ1) is 13.8. The zero-order valence-electron chi connectivity index (χ0n) is 17.6. The highest BCUT2D eigenvalue weighted by Crippen LogP contribution is 2.30. The molecule has 0 heterocycles. The second-order valence-corrected chi connectivity index (χ2v) is 7.73. The first-order valence-corrected chi connectivity index (χ1v) is 10.8. The number of halogens is 4. The lowest BCUT2D eigenvalue weighted by Gasteiger charge is -2.14. The van der Waals surface area contributed by atoms with Crippen LogP contribution in [0, 0.1) is 5.82 Å². The summed E-state index contributed by atoms with van der Waals surface area (Å²) in [5, 5.41) is 0. The van der Waals surface area contributed by atoms with Gasteiger partial charge in [0.05, 0.1) is 17.2 Å². The maximum Gasteiger partial charge on any atom is 0.416 e. The molecule has 0 aromatic heterocycles. The van der Waals surface area contributed by atoms with Crippen LogP contribution < -0.4 is 0 Å². The molecule has 0 amide bonds. The molecule has 1 unspecified atom stereocenters. The Hall–Kier alpha value is -1.59. The van der Waals surface area contributed by atoms with E-state index < -0.39 is 35.2 Å². The van der Waals surface area contributed by atoms with Crippen LogP contribution in [0.25, 0.3) is 0 Å². The summed E-state index contributed by atoms with van der Waals surface area (Å²) in [4.78, 5) is 12.0. The van der Waals surface area contributed by atoms with E-state index in [4.69, 9.17) is 4.74 Å². The van der Waals surface area contributed by atoms with E-state index in [1.54, 1.807) is 6.92 Å². The Morgan fingerprint density at radius 2 is 1.45 bits per heavy atom. The molecular formula is C23H34F4O2. The number of carbonyl (C=O) groups excluding carboxylic acids is 1. The minimum Gasteiger partial charge on any atom is -0.459 e. The van der Waals surface area contributed by atoms with Crippen LogP contribution in [0.2, 0.25) is 0 Å². The average Bonchev–Trinajstić information content (AvgIpc) is 2.65. The van der Waals surface area contributed by atoms with Crippen molar-refractivity contribution in [2.75, 3.05) is 0 Å². The molecule has 0 saturated heterocycles. The molecule has 166 valence electrons. The summed E-state index contributed by atoms with van der Waals surface area (Å²) in [5.41, 5.74) is -1.74. The van der Waals surface area contributed by atoms with E-state index in [9.17, 15) is 22.4 Å². The van der Waals surface area contributed by atoms with Crippen molar-refractivity contribution in [3.8, 4) is 0 Å². The van der Waals surface area contributed by atoms with Crippen molar-refractivity contribution in [3.63, 3.8) is 0 Å². The number of carbonyl (C=O) groups is 1. The fourth-order valence-corrected chi connectivity index (χ4v) is 3.26. The van der Waals surface area contributed by atoms with Gasteiger partial charge in [0.25, 0.3) is 0 Å². The fourth-order valence-electron chi connectivity index (χ4n) is 3.26. The summed E-state index contributed by atoms with van der Waals surface area (Å²) in [6, 6.07) is 1.77. The zero-order chi connectivity index (χ0) is 21.7. The van der Waals surface area contributed by atoms with Gasteiger partial charge in [-0.1, -0.05) is 71.1 Å². The number of alkyl halides is 3. The normalized spacial score (nSPS) is 12.8. The topological polar surface area (TPSA) is 26.3 Å². The highest BCUT2D eigenvalue weighted by molar-refractivity contribution is 5.90. The van der Waals surface area contributed by atoms with E-state index in [1.807, 2.05) is 0 Å². The van der Waals surface area contributed by atoms with Crippen molar-refractivity contribution in [1.82, 2.24) is 0 Å². The van der Waals surface area contributed by atoms with Gasteiger partial charge in [0.1, 0.15) is 5.82 Å². The number of ether oxygens (including phenoxy) is 1.